The van der Waals surface area contributed by atoms with Gasteiger partial charge in [-0.1, -0.05) is 26.2 Å². The summed E-state index contributed by atoms with van der Waals surface area (Å²) in [6.07, 6.45) is 9.44. The average molecular weight is 376 g/mol. The first kappa shape index (κ1) is 19.6. The molecule has 1 aromatic rings. The molecule has 2 fully saturated rings. The Balaban J connectivity index is 1.41. The maximum Gasteiger partial charge on any atom is 0.225 e. The van der Waals surface area contributed by atoms with E-state index in [0.29, 0.717) is 5.91 Å². The van der Waals surface area contributed by atoms with Gasteiger partial charge in [0.25, 0.3) is 0 Å². The smallest absolute Gasteiger partial charge is 0.225 e. The van der Waals surface area contributed by atoms with Gasteiger partial charge in [-0.25, -0.2) is 0 Å². The Morgan fingerprint density at radius 1 is 1.30 bits per heavy atom. The average Bonchev–Trinajstić information content (AvgIpc) is 3.36. The molecule has 0 radical (unpaired) electrons. The number of aromatic nitrogens is 3. The first-order valence-electron chi connectivity index (χ1n) is 10.3. The first-order valence-corrected chi connectivity index (χ1v) is 10.3. The summed E-state index contributed by atoms with van der Waals surface area (Å²) in [5.41, 5.74) is 0. The molecule has 1 aliphatic carbocycles. The van der Waals surface area contributed by atoms with Crippen molar-refractivity contribution in [2.75, 3.05) is 26.7 Å². The Morgan fingerprint density at radius 3 is 2.85 bits per heavy atom. The highest BCUT2D eigenvalue weighted by molar-refractivity contribution is 5.81. The maximum atomic E-state index is 12.7. The summed E-state index contributed by atoms with van der Waals surface area (Å²) in [4.78, 5) is 19.1. The van der Waals surface area contributed by atoms with Crippen LogP contribution in [-0.2, 0) is 17.8 Å². The Morgan fingerprint density at radius 2 is 2.11 bits per heavy atom. The molecule has 1 saturated carbocycles. The third kappa shape index (κ3) is 5.20. The lowest BCUT2D eigenvalue weighted by molar-refractivity contribution is -0.135. The molecule has 2 N–H and O–H groups in total. The molecular formula is C19H33N7O. The zero-order valence-electron chi connectivity index (χ0n) is 16.7. The number of nitrogens with one attached hydrogen (secondary N) is 2. The number of aryl methyl sites for hydroxylation is 1. The van der Waals surface area contributed by atoms with Crippen LogP contribution in [0.3, 0.4) is 0 Å². The summed E-state index contributed by atoms with van der Waals surface area (Å²) < 4.78 is 2.06. The molecule has 1 saturated heterocycles. The molecule has 150 valence electrons. The number of hydrogen-bond donors (Lipinski definition) is 2. The van der Waals surface area contributed by atoms with Crippen molar-refractivity contribution in [3.63, 3.8) is 0 Å². The van der Waals surface area contributed by atoms with Crippen LogP contribution in [0.2, 0.25) is 0 Å². The quantitative estimate of drug-likeness (QED) is 0.576. The van der Waals surface area contributed by atoms with E-state index in [9.17, 15) is 4.79 Å². The number of rotatable bonds is 6. The lowest BCUT2D eigenvalue weighted by Crippen LogP contribution is -2.46. The van der Waals surface area contributed by atoms with Gasteiger partial charge in [0.15, 0.2) is 5.96 Å². The van der Waals surface area contributed by atoms with E-state index in [1.165, 1.54) is 19.3 Å². The van der Waals surface area contributed by atoms with E-state index >= 15 is 0 Å². The Hall–Kier alpha value is -2.12. The summed E-state index contributed by atoms with van der Waals surface area (Å²) in [6.45, 7) is 5.26. The fraction of sp³-hybridized carbons (Fsp3) is 0.789. The molecule has 1 aliphatic heterocycles. The van der Waals surface area contributed by atoms with Crippen molar-refractivity contribution in [3.8, 4) is 0 Å². The molecule has 8 heteroatoms. The van der Waals surface area contributed by atoms with Crippen LogP contribution in [0.1, 0.15) is 51.3 Å². The zero-order chi connectivity index (χ0) is 19.1. The Bertz CT molecular complexity index is 636. The van der Waals surface area contributed by atoms with Crippen LogP contribution < -0.4 is 10.6 Å². The zero-order valence-corrected chi connectivity index (χ0v) is 16.7. The molecule has 1 aromatic heterocycles. The van der Waals surface area contributed by atoms with Gasteiger partial charge in [-0.2, -0.15) is 0 Å². The van der Waals surface area contributed by atoms with Crippen molar-refractivity contribution < 1.29 is 4.79 Å². The summed E-state index contributed by atoms with van der Waals surface area (Å²) >= 11 is 0. The molecule has 2 heterocycles. The second-order valence-electron chi connectivity index (χ2n) is 7.54. The minimum atomic E-state index is 0.256. The number of likely N-dealkylation sites (tertiary alicyclic amines) is 1. The SMILES string of the molecule is CCc1nncn1CCNC(=NC)NC1CCN(C(=O)C2CCCCC2)C1. The topological polar surface area (TPSA) is 87.4 Å². The number of guanidine groups is 1. The predicted molar refractivity (Wildman–Crippen MR) is 105 cm³/mol. The van der Waals surface area contributed by atoms with E-state index in [1.54, 1.807) is 13.4 Å². The number of carbonyl (C=O) groups is 1. The highest BCUT2D eigenvalue weighted by Crippen LogP contribution is 2.26. The monoisotopic (exact) mass is 375 g/mol. The fourth-order valence-electron chi connectivity index (χ4n) is 4.11. The number of amides is 1. The van der Waals surface area contributed by atoms with Gasteiger partial charge >= 0.3 is 0 Å². The summed E-state index contributed by atoms with van der Waals surface area (Å²) in [7, 11) is 1.78. The van der Waals surface area contributed by atoms with E-state index < -0.39 is 0 Å². The van der Waals surface area contributed by atoms with Crippen LogP contribution >= 0.6 is 0 Å². The molecule has 27 heavy (non-hydrogen) atoms. The van der Waals surface area contributed by atoms with Crippen LogP contribution in [-0.4, -0.2) is 64.3 Å². The Kier molecular flexibility index (Phi) is 7.06. The second-order valence-corrected chi connectivity index (χ2v) is 7.54. The van der Waals surface area contributed by atoms with Gasteiger partial charge in [0.05, 0.1) is 0 Å². The Labute approximate surface area is 161 Å². The van der Waals surface area contributed by atoms with E-state index in [0.717, 1.165) is 63.6 Å². The van der Waals surface area contributed by atoms with Crippen molar-refractivity contribution in [2.45, 2.75) is 64.5 Å². The fourth-order valence-corrected chi connectivity index (χ4v) is 4.11. The standard InChI is InChI=1S/C19H33N7O/c1-3-17-24-22-14-26(17)12-10-21-19(20-2)23-16-9-11-25(13-16)18(27)15-7-5-4-6-8-15/h14-16H,3-13H2,1-2H3,(H2,20,21,23). The minimum absolute atomic E-state index is 0.256. The lowest BCUT2D eigenvalue weighted by atomic mass is 9.88. The number of nitrogens with zero attached hydrogens (tertiary/aromatic N) is 5. The molecule has 8 nitrogen and oxygen atoms in total. The lowest BCUT2D eigenvalue weighted by Gasteiger charge is -2.26. The van der Waals surface area contributed by atoms with Crippen LogP contribution in [0.25, 0.3) is 0 Å². The second kappa shape index (κ2) is 9.71. The largest absolute Gasteiger partial charge is 0.355 e. The molecule has 1 unspecified atom stereocenters. The van der Waals surface area contributed by atoms with Gasteiger partial charge in [-0.15, -0.1) is 10.2 Å². The van der Waals surface area contributed by atoms with Crippen molar-refractivity contribution in [1.82, 2.24) is 30.3 Å². The van der Waals surface area contributed by atoms with E-state index in [1.807, 2.05) is 4.90 Å². The van der Waals surface area contributed by atoms with Crippen molar-refractivity contribution in [2.24, 2.45) is 10.9 Å². The maximum absolute atomic E-state index is 12.7. The van der Waals surface area contributed by atoms with Gasteiger partial charge in [0.2, 0.25) is 5.91 Å². The van der Waals surface area contributed by atoms with Crippen LogP contribution in [0, 0.1) is 5.92 Å². The summed E-state index contributed by atoms with van der Waals surface area (Å²) in [6, 6.07) is 0.268. The minimum Gasteiger partial charge on any atom is -0.355 e. The molecular weight excluding hydrogens is 342 g/mol. The predicted octanol–water partition coefficient (Wildman–Crippen LogP) is 1.19. The third-order valence-electron chi connectivity index (χ3n) is 5.68. The van der Waals surface area contributed by atoms with Crippen molar-refractivity contribution in [3.05, 3.63) is 12.2 Å². The number of carbonyl (C=O) groups excluding carboxylic acids is 1. The molecule has 0 spiro atoms. The molecule has 0 bridgehead atoms. The summed E-state index contributed by atoms with van der Waals surface area (Å²) in [5, 5.41) is 14.9. The van der Waals surface area contributed by atoms with Gasteiger partial charge < -0.3 is 20.1 Å². The molecule has 3 rings (SSSR count). The van der Waals surface area contributed by atoms with E-state index in [2.05, 4.69) is 37.3 Å². The van der Waals surface area contributed by atoms with E-state index in [-0.39, 0.29) is 12.0 Å². The van der Waals surface area contributed by atoms with Gasteiger partial charge in [-0.3, -0.25) is 9.79 Å². The van der Waals surface area contributed by atoms with Crippen LogP contribution in [0.5, 0.6) is 0 Å². The number of hydrogen-bond acceptors (Lipinski definition) is 4. The summed E-state index contributed by atoms with van der Waals surface area (Å²) in [5.74, 6) is 2.40. The van der Waals surface area contributed by atoms with Gasteiger partial charge in [0, 0.05) is 51.6 Å². The van der Waals surface area contributed by atoms with Crippen LogP contribution in [0.15, 0.2) is 11.3 Å². The van der Waals surface area contributed by atoms with Crippen LogP contribution in [0.4, 0.5) is 0 Å². The normalized spacial score (nSPS) is 21.5. The highest BCUT2D eigenvalue weighted by Gasteiger charge is 2.31. The molecule has 2 aliphatic rings. The highest BCUT2D eigenvalue weighted by atomic mass is 16.2. The molecule has 0 aromatic carbocycles. The molecule has 1 amide bonds. The van der Waals surface area contributed by atoms with Crippen molar-refractivity contribution in [1.29, 1.82) is 0 Å². The van der Waals surface area contributed by atoms with Gasteiger partial charge in [-0.05, 0) is 19.3 Å². The van der Waals surface area contributed by atoms with E-state index in [4.69, 9.17) is 0 Å². The van der Waals surface area contributed by atoms with Crippen molar-refractivity contribution >= 4 is 11.9 Å². The first-order chi connectivity index (χ1) is 13.2. The molecule has 1 atom stereocenters. The van der Waals surface area contributed by atoms with Gasteiger partial charge in [0.1, 0.15) is 12.2 Å². The number of aliphatic imine (C=N–C) groups is 1. The third-order valence-corrected chi connectivity index (χ3v) is 5.68.